The van der Waals surface area contributed by atoms with Crippen LogP contribution in [-0.4, -0.2) is 97.6 Å². The second-order valence-electron chi connectivity index (χ2n) is 13.4. The summed E-state index contributed by atoms with van der Waals surface area (Å²) in [6.07, 6.45) is 5.36. The summed E-state index contributed by atoms with van der Waals surface area (Å²) in [7, 11) is 0. The number of amides is 3. The summed E-state index contributed by atoms with van der Waals surface area (Å²) in [5, 5.41) is 20.8. The Labute approximate surface area is 297 Å². The Morgan fingerprint density at radius 1 is 1.10 bits per heavy atom. The minimum Gasteiger partial charge on any atom is -0.455 e. The fourth-order valence-electron chi connectivity index (χ4n) is 7.88. The van der Waals surface area contributed by atoms with Crippen LogP contribution in [0.25, 0.3) is 11.0 Å². The third-order valence-electron chi connectivity index (χ3n) is 10.2. The van der Waals surface area contributed by atoms with E-state index in [2.05, 4.69) is 28.8 Å². The number of hydrogen-bond acceptors (Lipinski definition) is 9. The molecule has 270 valence electrons. The number of para-hydroxylation sites is 1. The van der Waals surface area contributed by atoms with Crippen LogP contribution in [0.3, 0.4) is 0 Å². The molecule has 3 saturated heterocycles. The van der Waals surface area contributed by atoms with Gasteiger partial charge in [0.15, 0.2) is 0 Å². The van der Waals surface area contributed by atoms with E-state index in [0.717, 1.165) is 5.52 Å². The molecular weight excluding hydrogens is 652 g/mol. The number of aliphatic hydroxyl groups excluding tert-OH is 1. The molecule has 1 aromatic heterocycles. The Bertz CT molecular complexity index is 1750. The van der Waals surface area contributed by atoms with Crippen LogP contribution in [0.4, 0.5) is 0 Å². The van der Waals surface area contributed by atoms with Crippen molar-refractivity contribution < 1.29 is 33.8 Å². The van der Waals surface area contributed by atoms with Crippen LogP contribution in [0.5, 0.6) is 0 Å². The zero-order valence-corrected chi connectivity index (χ0v) is 28.8. The summed E-state index contributed by atoms with van der Waals surface area (Å²) in [6.45, 7) is 8.14. The lowest BCUT2D eigenvalue weighted by Crippen LogP contribution is -2.56. The fraction of sp³-hybridized carbons (Fsp3) is 0.474. The van der Waals surface area contributed by atoms with Gasteiger partial charge in [-0.25, -0.2) is 4.68 Å². The van der Waals surface area contributed by atoms with Crippen LogP contribution < -0.4 is 5.32 Å². The molecule has 0 saturated carbocycles. The van der Waals surface area contributed by atoms with Gasteiger partial charge in [-0.1, -0.05) is 59.8 Å². The number of carbonyl (C=O) groups excluding carboxylic acids is 4. The van der Waals surface area contributed by atoms with E-state index in [1.165, 1.54) is 0 Å². The van der Waals surface area contributed by atoms with Crippen molar-refractivity contribution in [2.24, 2.45) is 11.8 Å². The van der Waals surface area contributed by atoms with Gasteiger partial charge in [0.05, 0.1) is 30.0 Å². The van der Waals surface area contributed by atoms with Crippen LogP contribution in [0.2, 0.25) is 0 Å². The fourth-order valence-corrected chi connectivity index (χ4v) is 7.88. The van der Waals surface area contributed by atoms with Gasteiger partial charge in [0.25, 0.3) is 0 Å². The quantitative estimate of drug-likeness (QED) is 0.116. The molecule has 2 aromatic carbocycles. The monoisotopic (exact) mass is 698 g/mol. The Morgan fingerprint density at radius 3 is 2.65 bits per heavy atom. The van der Waals surface area contributed by atoms with Crippen molar-refractivity contribution in [2.45, 2.75) is 75.5 Å². The number of ether oxygens (including phenoxy) is 2. The molecule has 0 unspecified atom stereocenters. The number of fused-ring (bicyclic) bond motifs is 2. The van der Waals surface area contributed by atoms with Crippen molar-refractivity contribution in [1.82, 2.24) is 30.1 Å². The first-order valence-electron chi connectivity index (χ1n) is 17.7. The first-order valence-corrected chi connectivity index (χ1v) is 17.7. The van der Waals surface area contributed by atoms with Crippen LogP contribution in [0, 0.1) is 11.8 Å². The summed E-state index contributed by atoms with van der Waals surface area (Å²) >= 11 is 0. The largest absolute Gasteiger partial charge is 0.455 e. The summed E-state index contributed by atoms with van der Waals surface area (Å²) in [4.78, 5) is 59.1. The van der Waals surface area contributed by atoms with E-state index < -0.39 is 41.7 Å². The number of allylic oxidation sites excluding steroid dienone is 1. The molecule has 6 atom stereocenters. The predicted octanol–water partition coefficient (Wildman–Crippen LogP) is 3.31. The van der Waals surface area contributed by atoms with Crippen LogP contribution in [0.1, 0.15) is 56.6 Å². The number of nitrogens with one attached hydrogen (secondary N) is 1. The molecule has 0 radical (unpaired) electrons. The minimum atomic E-state index is -1.23. The standard InChI is InChI=1S/C38H46N6O7/c1-3-5-18-31(46)39-24-30(26-14-8-6-9-15-26)50-37(49)32-29-19-20-38(51-29)33(32)35(47)43(22-12-7-13-23-45)34(38)36(48)42(21-4-2)25-44-28-17-11-10-16-27(28)40-41-44/h3-4,6,8-11,14-17,29-30,32-34,45H,1-2,5,7,12-13,18-25H2,(H,39,46)/t29-,30+,32+,33+,34-,38+/m1/s1. The topological polar surface area (TPSA) is 156 Å². The van der Waals surface area contributed by atoms with E-state index in [9.17, 15) is 24.3 Å². The molecule has 2 N–H and O–H groups in total. The van der Waals surface area contributed by atoms with E-state index in [1.54, 1.807) is 26.6 Å². The smallest absolute Gasteiger partial charge is 0.313 e. The van der Waals surface area contributed by atoms with Gasteiger partial charge in [-0.05, 0) is 56.2 Å². The first kappa shape index (κ1) is 35.9. The molecule has 3 aliphatic heterocycles. The van der Waals surface area contributed by atoms with Crippen LogP contribution in [0.15, 0.2) is 79.9 Å². The van der Waals surface area contributed by atoms with Gasteiger partial charge >= 0.3 is 5.97 Å². The molecule has 13 nitrogen and oxygen atoms in total. The number of rotatable bonds is 18. The molecular formula is C38H46N6O7. The van der Waals surface area contributed by atoms with Gasteiger partial charge in [0.1, 0.15) is 29.9 Å². The third-order valence-corrected chi connectivity index (χ3v) is 10.2. The highest BCUT2D eigenvalue weighted by Crippen LogP contribution is 2.59. The van der Waals surface area contributed by atoms with Crippen molar-refractivity contribution >= 4 is 34.7 Å². The average Bonchev–Trinajstić information content (AvgIpc) is 3.90. The third kappa shape index (κ3) is 7.18. The molecule has 3 fully saturated rings. The van der Waals surface area contributed by atoms with Gasteiger partial charge < -0.3 is 29.7 Å². The second kappa shape index (κ2) is 16.0. The van der Waals surface area contributed by atoms with Crippen LogP contribution >= 0.6 is 0 Å². The molecule has 6 rings (SSSR count). The molecule has 51 heavy (non-hydrogen) atoms. The van der Waals surface area contributed by atoms with Crippen LogP contribution in [-0.2, 0) is 35.3 Å². The number of aromatic nitrogens is 3. The van der Waals surface area contributed by atoms with Gasteiger partial charge in [-0.3, -0.25) is 19.2 Å². The number of benzene rings is 2. The maximum absolute atomic E-state index is 14.8. The summed E-state index contributed by atoms with van der Waals surface area (Å²) in [6, 6.07) is 15.6. The minimum absolute atomic E-state index is 0.0256. The SMILES string of the molecule is C=CCCC(=O)NC[C@H](OC(=O)[C@@H]1[C@H]2C(=O)N(CCCCCO)[C@H](C(=O)N(CC=C)Cn3nnc4ccccc43)[C@]23CC[C@H]1O3)c1ccccc1. The molecule has 2 bridgehead atoms. The lowest BCUT2D eigenvalue weighted by atomic mass is 9.70. The number of carbonyl (C=O) groups is 4. The molecule has 3 aromatic rings. The Hall–Kier alpha value is -4.88. The highest BCUT2D eigenvalue weighted by Gasteiger charge is 2.75. The highest BCUT2D eigenvalue weighted by atomic mass is 16.6. The lowest BCUT2D eigenvalue weighted by molar-refractivity contribution is -0.160. The van der Waals surface area contributed by atoms with E-state index in [-0.39, 0.29) is 57.1 Å². The zero-order chi connectivity index (χ0) is 36.0. The summed E-state index contributed by atoms with van der Waals surface area (Å²) in [5.41, 5.74) is 0.910. The predicted molar refractivity (Wildman–Crippen MR) is 187 cm³/mol. The summed E-state index contributed by atoms with van der Waals surface area (Å²) in [5.74, 6) is -3.29. The van der Waals surface area contributed by atoms with E-state index in [1.807, 2.05) is 54.6 Å². The molecule has 3 amide bonds. The van der Waals surface area contributed by atoms with Crippen molar-refractivity contribution in [3.05, 3.63) is 85.5 Å². The highest BCUT2D eigenvalue weighted by molar-refractivity contribution is 5.98. The number of nitrogens with zero attached hydrogens (tertiary/aromatic N) is 5. The van der Waals surface area contributed by atoms with E-state index in [0.29, 0.717) is 49.6 Å². The van der Waals surface area contributed by atoms with Crippen molar-refractivity contribution in [3.63, 3.8) is 0 Å². The second-order valence-corrected chi connectivity index (χ2v) is 13.4. The van der Waals surface area contributed by atoms with E-state index in [4.69, 9.17) is 9.47 Å². The normalized spacial score (nSPS) is 23.9. The van der Waals surface area contributed by atoms with E-state index >= 15 is 0 Å². The molecule has 13 heteroatoms. The zero-order valence-electron chi connectivity index (χ0n) is 28.8. The number of esters is 1. The first-order chi connectivity index (χ1) is 24.8. The van der Waals surface area contributed by atoms with Crippen molar-refractivity contribution in [1.29, 1.82) is 0 Å². The molecule has 4 heterocycles. The summed E-state index contributed by atoms with van der Waals surface area (Å²) < 4.78 is 14.4. The van der Waals surface area contributed by atoms with Gasteiger partial charge in [-0.15, -0.1) is 18.3 Å². The Morgan fingerprint density at radius 2 is 1.88 bits per heavy atom. The lowest BCUT2D eigenvalue weighted by Gasteiger charge is -2.36. The molecule has 0 aliphatic carbocycles. The molecule has 1 spiro atoms. The molecule has 3 aliphatic rings. The van der Waals surface area contributed by atoms with Crippen molar-refractivity contribution in [2.75, 3.05) is 26.2 Å². The van der Waals surface area contributed by atoms with Gasteiger partial charge in [0, 0.05) is 26.1 Å². The maximum Gasteiger partial charge on any atom is 0.313 e. The number of unbranched alkanes of at least 4 members (excludes halogenated alkanes) is 2. The van der Waals surface area contributed by atoms with Crippen molar-refractivity contribution in [3.8, 4) is 0 Å². The maximum atomic E-state index is 14.8. The Balaban J connectivity index is 1.28. The Kier molecular flexibility index (Phi) is 11.3. The number of hydrogen-bond donors (Lipinski definition) is 2. The van der Waals surface area contributed by atoms with Gasteiger partial charge in [-0.2, -0.15) is 0 Å². The average molecular weight is 699 g/mol. The van der Waals surface area contributed by atoms with Gasteiger partial charge in [0.2, 0.25) is 17.7 Å². The number of aliphatic hydroxyl groups is 1. The number of likely N-dealkylation sites (tertiary alicyclic amines) is 1.